The molecule has 0 atom stereocenters. The molecule has 156 valence electrons. The van der Waals surface area contributed by atoms with Crippen LogP contribution in [0.3, 0.4) is 0 Å². The number of aromatic nitrogens is 4. The number of nitrogens with one attached hydrogen (secondary N) is 1. The first-order valence-corrected chi connectivity index (χ1v) is 10.8. The molecule has 1 amide bonds. The molecule has 30 heavy (non-hydrogen) atoms. The topological polar surface area (TPSA) is 91.2 Å². The first-order chi connectivity index (χ1) is 14.5. The monoisotopic (exact) mass is 445 g/mol. The van der Waals surface area contributed by atoms with Crippen LogP contribution in [0, 0.1) is 13.8 Å². The minimum Gasteiger partial charge on any atom is -0.490 e. The second-order valence-corrected chi connectivity index (χ2v) is 8.16. The van der Waals surface area contributed by atoms with Gasteiger partial charge in [0.1, 0.15) is 0 Å². The van der Waals surface area contributed by atoms with Crippen LogP contribution in [0.2, 0.25) is 5.02 Å². The molecule has 0 spiro atoms. The normalized spacial score (nSPS) is 13.0. The third-order valence-corrected chi connectivity index (χ3v) is 5.85. The first-order valence-electron chi connectivity index (χ1n) is 9.39. The largest absolute Gasteiger partial charge is 0.490 e. The van der Waals surface area contributed by atoms with Crippen LogP contribution in [0.4, 0.5) is 5.69 Å². The van der Waals surface area contributed by atoms with Gasteiger partial charge in [0, 0.05) is 18.6 Å². The minimum atomic E-state index is -0.231. The Bertz CT molecular complexity index is 1090. The molecule has 0 saturated heterocycles. The highest BCUT2D eigenvalue weighted by molar-refractivity contribution is 7.99. The van der Waals surface area contributed by atoms with E-state index in [9.17, 15) is 4.79 Å². The smallest absolute Gasteiger partial charge is 0.234 e. The number of hydrogen-bond acceptors (Lipinski definition) is 7. The number of ether oxygens (including phenoxy) is 2. The summed E-state index contributed by atoms with van der Waals surface area (Å²) in [7, 11) is 0. The zero-order chi connectivity index (χ0) is 21.1. The maximum atomic E-state index is 12.5. The van der Waals surface area contributed by atoms with Gasteiger partial charge >= 0.3 is 0 Å². The molecule has 2 aromatic carbocycles. The number of aryl methyl sites for hydroxylation is 2. The summed E-state index contributed by atoms with van der Waals surface area (Å²) in [5.74, 6) is 1.04. The molecule has 3 aromatic rings. The molecule has 0 aliphatic carbocycles. The van der Waals surface area contributed by atoms with Gasteiger partial charge in [-0.15, -0.1) is 5.10 Å². The van der Waals surface area contributed by atoms with Gasteiger partial charge in [-0.25, -0.2) is 0 Å². The van der Waals surface area contributed by atoms with Crippen molar-refractivity contribution in [1.29, 1.82) is 0 Å². The fourth-order valence-electron chi connectivity index (χ4n) is 2.88. The second-order valence-electron chi connectivity index (χ2n) is 6.81. The molecule has 2 heterocycles. The molecule has 1 N–H and O–H groups in total. The van der Waals surface area contributed by atoms with E-state index in [2.05, 4.69) is 20.8 Å². The van der Waals surface area contributed by atoms with Crippen LogP contribution >= 0.6 is 23.4 Å². The minimum absolute atomic E-state index is 0.121. The Morgan fingerprint density at radius 1 is 1.17 bits per heavy atom. The summed E-state index contributed by atoms with van der Waals surface area (Å²) in [5.41, 5.74) is 3.64. The van der Waals surface area contributed by atoms with E-state index >= 15 is 0 Å². The fraction of sp³-hybridized carbons (Fsp3) is 0.300. The maximum absolute atomic E-state index is 12.5. The van der Waals surface area contributed by atoms with Crippen molar-refractivity contribution in [2.24, 2.45) is 0 Å². The van der Waals surface area contributed by atoms with E-state index in [-0.39, 0.29) is 11.7 Å². The number of tetrazole rings is 1. The quantitative estimate of drug-likeness (QED) is 0.597. The van der Waals surface area contributed by atoms with E-state index in [1.54, 1.807) is 16.8 Å². The van der Waals surface area contributed by atoms with Crippen molar-refractivity contribution in [2.75, 3.05) is 24.3 Å². The van der Waals surface area contributed by atoms with E-state index in [4.69, 9.17) is 21.1 Å². The van der Waals surface area contributed by atoms with Crippen LogP contribution in [-0.4, -0.2) is 45.1 Å². The number of thioether (sulfide) groups is 1. The van der Waals surface area contributed by atoms with Gasteiger partial charge in [-0.3, -0.25) is 4.79 Å². The highest BCUT2D eigenvalue weighted by Gasteiger charge is 2.17. The second kappa shape index (κ2) is 8.93. The molecule has 0 saturated carbocycles. The number of amides is 1. The first kappa shape index (κ1) is 20.5. The third kappa shape index (κ3) is 4.52. The lowest BCUT2D eigenvalue weighted by atomic mass is 10.1. The summed E-state index contributed by atoms with van der Waals surface area (Å²) in [5, 5.41) is 15.5. The predicted octanol–water partition coefficient (Wildman–Crippen LogP) is 3.82. The van der Waals surface area contributed by atoms with Crippen LogP contribution in [0.1, 0.15) is 17.5 Å². The van der Waals surface area contributed by atoms with Crippen molar-refractivity contribution in [1.82, 2.24) is 20.2 Å². The number of fused-ring (bicyclic) bond motifs is 1. The van der Waals surface area contributed by atoms with E-state index in [0.29, 0.717) is 40.6 Å². The Labute approximate surface area is 182 Å². The summed E-state index contributed by atoms with van der Waals surface area (Å²) >= 11 is 7.54. The third-order valence-electron chi connectivity index (χ3n) is 4.62. The van der Waals surface area contributed by atoms with Gasteiger partial charge in [-0.1, -0.05) is 29.4 Å². The number of benzene rings is 2. The fourth-order valence-corrected chi connectivity index (χ4v) is 3.78. The molecule has 1 aliphatic rings. The van der Waals surface area contributed by atoms with Gasteiger partial charge in [0.2, 0.25) is 11.1 Å². The SMILES string of the molecule is Cc1ccc(-n2nnnc2SCC(=O)Nc2cc3c(cc2Cl)OCCCO3)cc1C. The van der Waals surface area contributed by atoms with Gasteiger partial charge in [0.15, 0.2) is 11.5 Å². The van der Waals surface area contributed by atoms with Crippen molar-refractivity contribution >= 4 is 35.0 Å². The lowest BCUT2D eigenvalue weighted by molar-refractivity contribution is -0.113. The highest BCUT2D eigenvalue weighted by atomic mass is 35.5. The van der Waals surface area contributed by atoms with Crippen LogP contribution < -0.4 is 14.8 Å². The van der Waals surface area contributed by atoms with Crippen molar-refractivity contribution in [3.05, 3.63) is 46.5 Å². The molecular formula is C20H20ClN5O3S. The molecule has 10 heteroatoms. The molecule has 0 radical (unpaired) electrons. The number of carbonyl (C=O) groups excluding carboxylic acids is 1. The molecule has 8 nitrogen and oxygen atoms in total. The van der Waals surface area contributed by atoms with E-state index in [1.165, 1.54) is 17.3 Å². The summed E-state index contributed by atoms with van der Waals surface area (Å²) < 4.78 is 12.9. The Morgan fingerprint density at radius 3 is 2.70 bits per heavy atom. The number of hydrogen-bond donors (Lipinski definition) is 1. The van der Waals surface area contributed by atoms with Crippen molar-refractivity contribution in [3.8, 4) is 17.2 Å². The van der Waals surface area contributed by atoms with Crippen molar-refractivity contribution in [3.63, 3.8) is 0 Å². The van der Waals surface area contributed by atoms with E-state index in [0.717, 1.165) is 17.7 Å². The van der Waals surface area contributed by atoms with Gasteiger partial charge in [0.05, 0.1) is 35.4 Å². The average molecular weight is 446 g/mol. The summed E-state index contributed by atoms with van der Waals surface area (Å²) in [6, 6.07) is 9.31. The van der Waals surface area contributed by atoms with Gasteiger partial charge in [-0.05, 0) is 47.5 Å². The van der Waals surface area contributed by atoms with Gasteiger partial charge < -0.3 is 14.8 Å². The van der Waals surface area contributed by atoms with Gasteiger partial charge in [-0.2, -0.15) is 4.68 Å². The number of carbonyl (C=O) groups is 1. The standard InChI is InChI=1S/C20H20ClN5O3S/c1-12-4-5-14(8-13(12)2)26-20(23-24-25-26)30-11-19(27)22-16-10-18-17(9-15(16)21)28-6-3-7-29-18/h4-5,8-10H,3,6-7,11H2,1-2H3,(H,22,27). The molecule has 0 unspecified atom stereocenters. The van der Waals surface area contributed by atoms with Crippen LogP contribution in [-0.2, 0) is 4.79 Å². The number of nitrogens with zero attached hydrogens (tertiary/aromatic N) is 4. The van der Waals surface area contributed by atoms with Crippen molar-refractivity contribution in [2.45, 2.75) is 25.4 Å². The molecule has 4 rings (SSSR count). The Balaban J connectivity index is 1.43. The van der Waals surface area contributed by atoms with E-state index < -0.39 is 0 Å². The summed E-state index contributed by atoms with van der Waals surface area (Å²) in [6.45, 7) is 5.20. The summed E-state index contributed by atoms with van der Waals surface area (Å²) in [6.07, 6.45) is 0.792. The molecule has 1 aliphatic heterocycles. The van der Waals surface area contributed by atoms with Crippen molar-refractivity contribution < 1.29 is 14.3 Å². The number of anilines is 1. The Kier molecular flexibility index (Phi) is 6.10. The highest BCUT2D eigenvalue weighted by Crippen LogP contribution is 2.37. The Morgan fingerprint density at radius 2 is 1.93 bits per heavy atom. The zero-order valence-electron chi connectivity index (χ0n) is 16.5. The number of rotatable bonds is 5. The number of halogens is 1. The van der Waals surface area contributed by atoms with Crippen LogP contribution in [0.5, 0.6) is 11.5 Å². The molecular weight excluding hydrogens is 426 g/mol. The molecule has 0 fully saturated rings. The van der Waals surface area contributed by atoms with Gasteiger partial charge in [0.25, 0.3) is 0 Å². The lowest BCUT2D eigenvalue weighted by Gasteiger charge is -2.12. The van der Waals surface area contributed by atoms with Crippen LogP contribution in [0.15, 0.2) is 35.5 Å². The van der Waals surface area contributed by atoms with E-state index in [1.807, 2.05) is 32.0 Å². The van der Waals surface area contributed by atoms with Crippen LogP contribution in [0.25, 0.3) is 5.69 Å². The zero-order valence-corrected chi connectivity index (χ0v) is 18.1. The lowest BCUT2D eigenvalue weighted by Crippen LogP contribution is -2.15. The predicted molar refractivity (Wildman–Crippen MR) is 115 cm³/mol. The molecule has 1 aromatic heterocycles. The average Bonchev–Trinajstić information content (AvgIpc) is 3.08. The molecule has 0 bridgehead atoms. The summed E-state index contributed by atoms with van der Waals surface area (Å²) in [4.78, 5) is 12.5. The Hall–Kier alpha value is -2.78. The maximum Gasteiger partial charge on any atom is 0.234 e.